The monoisotopic (exact) mass is 296 g/mol. The average Bonchev–Trinajstić information content (AvgIpc) is 2.43. The van der Waals surface area contributed by atoms with Gasteiger partial charge in [0.1, 0.15) is 11.5 Å². The molecule has 0 radical (unpaired) electrons. The average molecular weight is 296 g/mol. The zero-order chi connectivity index (χ0) is 16.2. The van der Waals surface area contributed by atoms with Gasteiger partial charge in [-0.2, -0.15) is 0 Å². The summed E-state index contributed by atoms with van der Waals surface area (Å²) in [6, 6.07) is 5.65. The number of hydrogen-bond donors (Lipinski definition) is 2. The van der Waals surface area contributed by atoms with Crippen molar-refractivity contribution in [3.63, 3.8) is 0 Å². The molecule has 0 unspecified atom stereocenters. The lowest BCUT2D eigenvalue weighted by Gasteiger charge is -2.21. The van der Waals surface area contributed by atoms with Crippen LogP contribution < -0.4 is 0 Å². The molecule has 22 heavy (non-hydrogen) atoms. The summed E-state index contributed by atoms with van der Waals surface area (Å²) in [6.45, 7) is 2.86. The number of aromatic hydroxyl groups is 2. The van der Waals surface area contributed by atoms with Crippen molar-refractivity contribution in [1.29, 1.82) is 0 Å². The molecule has 5 heteroatoms. The summed E-state index contributed by atoms with van der Waals surface area (Å²) in [7, 11) is 0. The van der Waals surface area contributed by atoms with Gasteiger partial charge in [-0.25, -0.2) is 0 Å². The van der Waals surface area contributed by atoms with Crippen molar-refractivity contribution < 1.29 is 24.6 Å². The summed E-state index contributed by atoms with van der Waals surface area (Å²) in [5.41, 5.74) is 0.200. The van der Waals surface area contributed by atoms with Crippen molar-refractivity contribution >= 4 is 17.3 Å². The third kappa shape index (κ3) is 1.69. The number of carbonyl (C=O) groups is 3. The Bertz CT molecular complexity index is 877. The van der Waals surface area contributed by atoms with Gasteiger partial charge in [-0.15, -0.1) is 0 Å². The predicted molar refractivity (Wildman–Crippen MR) is 77.8 cm³/mol. The second-order valence-corrected chi connectivity index (χ2v) is 5.25. The third-order valence-electron chi connectivity index (χ3n) is 3.84. The van der Waals surface area contributed by atoms with Gasteiger partial charge in [0, 0.05) is 11.1 Å². The molecule has 0 bridgehead atoms. The summed E-state index contributed by atoms with van der Waals surface area (Å²) >= 11 is 0. The van der Waals surface area contributed by atoms with Crippen molar-refractivity contribution in [3.8, 4) is 11.5 Å². The van der Waals surface area contributed by atoms with Crippen LogP contribution >= 0.6 is 0 Å². The van der Waals surface area contributed by atoms with Crippen molar-refractivity contribution in [2.75, 3.05) is 0 Å². The number of carbonyl (C=O) groups excluding carboxylic acids is 3. The SMILES string of the molecule is CC(=O)c1c(C)cc2c(c1O)C(=O)c1c(O)cccc1C2=O. The first-order chi connectivity index (χ1) is 10.3. The molecule has 2 aromatic rings. The highest BCUT2D eigenvalue weighted by Gasteiger charge is 2.36. The summed E-state index contributed by atoms with van der Waals surface area (Å²) in [5, 5.41) is 20.2. The van der Waals surface area contributed by atoms with Crippen LogP contribution in [0.25, 0.3) is 0 Å². The number of fused-ring (bicyclic) bond motifs is 2. The topological polar surface area (TPSA) is 91.7 Å². The van der Waals surface area contributed by atoms with Gasteiger partial charge >= 0.3 is 0 Å². The van der Waals surface area contributed by atoms with E-state index in [4.69, 9.17) is 0 Å². The highest BCUT2D eigenvalue weighted by molar-refractivity contribution is 6.31. The second kappa shape index (κ2) is 4.53. The van der Waals surface area contributed by atoms with E-state index in [9.17, 15) is 24.6 Å². The molecule has 0 amide bonds. The molecule has 0 aromatic heterocycles. The molecule has 1 aliphatic carbocycles. The zero-order valence-corrected chi connectivity index (χ0v) is 11.9. The van der Waals surface area contributed by atoms with E-state index in [2.05, 4.69) is 0 Å². The minimum Gasteiger partial charge on any atom is -0.507 e. The van der Waals surface area contributed by atoms with E-state index in [0.29, 0.717) is 5.56 Å². The summed E-state index contributed by atoms with van der Waals surface area (Å²) in [6.07, 6.45) is 0. The van der Waals surface area contributed by atoms with Gasteiger partial charge < -0.3 is 10.2 Å². The highest BCUT2D eigenvalue weighted by Crippen LogP contribution is 2.39. The quantitative estimate of drug-likeness (QED) is 0.673. The van der Waals surface area contributed by atoms with Crippen LogP contribution in [-0.2, 0) is 0 Å². The Morgan fingerprint density at radius 3 is 2.32 bits per heavy atom. The van der Waals surface area contributed by atoms with Crippen LogP contribution in [0.4, 0.5) is 0 Å². The Morgan fingerprint density at radius 1 is 1.00 bits per heavy atom. The maximum atomic E-state index is 12.6. The molecule has 2 aromatic carbocycles. The Hall–Kier alpha value is -2.95. The molecular weight excluding hydrogens is 284 g/mol. The smallest absolute Gasteiger partial charge is 0.201 e. The molecule has 110 valence electrons. The summed E-state index contributed by atoms with van der Waals surface area (Å²) in [5.74, 6) is -2.36. The molecule has 2 N–H and O–H groups in total. The molecule has 0 aliphatic heterocycles. The van der Waals surface area contributed by atoms with Crippen LogP contribution in [0, 0.1) is 6.92 Å². The molecule has 0 heterocycles. The first-order valence-electron chi connectivity index (χ1n) is 6.63. The minimum absolute atomic E-state index is 0.0128. The number of benzene rings is 2. The van der Waals surface area contributed by atoms with E-state index in [1.165, 1.54) is 31.2 Å². The lowest BCUT2D eigenvalue weighted by atomic mass is 9.80. The maximum Gasteiger partial charge on any atom is 0.201 e. The normalized spacial score (nSPS) is 12.8. The van der Waals surface area contributed by atoms with E-state index in [1.54, 1.807) is 6.92 Å². The van der Waals surface area contributed by atoms with Gasteiger partial charge in [0.15, 0.2) is 11.6 Å². The Balaban J connectivity index is 2.41. The molecule has 1 aliphatic rings. The van der Waals surface area contributed by atoms with E-state index in [1.807, 2.05) is 0 Å². The van der Waals surface area contributed by atoms with Crippen molar-refractivity contribution in [2.45, 2.75) is 13.8 Å². The largest absolute Gasteiger partial charge is 0.507 e. The molecule has 0 fully saturated rings. The summed E-state index contributed by atoms with van der Waals surface area (Å²) < 4.78 is 0. The number of phenols is 2. The van der Waals surface area contributed by atoms with Crippen molar-refractivity contribution in [3.05, 3.63) is 57.6 Å². The molecule has 0 atom stereocenters. The molecule has 0 saturated heterocycles. The first kappa shape index (κ1) is 14.0. The zero-order valence-electron chi connectivity index (χ0n) is 11.9. The molecule has 0 saturated carbocycles. The van der Waals surface area contributed by atoms with E-state index >= 15 is 0 Å². The second-order valence-electron chi connectivity index (χ2n) is 5.25. The van der Waals surface area contributed by atoms with Crippen LogP contribution in [0.1, 0.15) is 54.7 Å². The number of Topliss-reactive ketones (excluding diaryl/α,β-unsaturated/α-hetero) is 1. The van der Waals surface area contributed by atoms with Gasteiger partial charge in [0.2, 0.25) is 5.78 Å². The number of phenolic OH excluding ortho intramolecular Hbond substituents is 2. The third-order valence-corrected chi connectivity index (χ3v) is 3.84. The minimum atomic E-state index is -0.664. The molecular formula is C17H12O5. The number of ketones is 3. The van der Waals surface area contributed by atoms with E-state index < -0.39 is 23.1 Å². The van der Waals surface area contributed by atoms with Gasteiger partial charge in [0.05, 0.1) is 16.7 Å². The highest BCUT2D eigenvalue weighted by atomic mass is 16.3. The van der Waals surface area contributed by atoms with E-state index in [0.717, 1.165) is 0 Å². The Kier molecular flexibility index (Phi) is 2.88. The predicted octanol–water partition coefficient (Wildman–Crippen LogP) is 2.38. The number of aryl methyl sites for hydroxylation is 1. The standard InChI is InChI=1S/C17H12O5/c1-7-6-10-14(16(21)12(7)8(2)18)17(22)13-9(15(10)20)4-3-5-11(13)19/h3-6,19,21H,1-2H3. The van der Waals surface area contributed by atoms with Gasteiger partial charge in [-0.3, -0.25) is 14.4 Å². The Labute approximate surface area is 125 Å². The van der Waals surface area contributed by atoms with E-state index in [-0.39, 0.29) is 33.6 Å². The van der Waals surface area contributed by atoms with Crippen LogP contribution in [0.2, 0.25) is 0 Å². The summed E-state index contributed by atoms with van der Waals surface area (Å²) in [4.78, 5) is 36.8. The van der Waals surface area contributed by atoms with Crippen LogP contribution in [-0.4, -0.2) is 27.6 Å². The van der Waals surface area contributed by atoms with Crippen molar-refractivity contribution in [2.24, 2.45) is 0 Å². The number of rotatable bonds is 1. The van der Waals surface area contributed by atoms with Crippen LogP contribution in [0.3, 0.4) is 0 Å². The fourth-order valence-corrected chi connectivity index (χ4v) is 2.89. The van der Waals surface area contributed by atoms with Gasteiger partial charge in [-0.05, 0) is 31.5 Å². The fraction of sp³-hybridized carbons (Fsp3) is 0.118. The van der Waals surface area contributed by atoms with Crippen LogP contribution in [0.5, 0.6) is 11.5 Å². The molecule has 0 spiro atoms. The van der Waals surface area contributed by atoms with Crippen LogP contribution in [0.15, 0.2) is 24.3 Å². The lowest BCUT2D eigenvalue weighted by Crippen LogP contribution is -2.22. The Morgan fingerprint density at radius 2 is 1.68 bits per heavy atom. The van der Waals surface area contributed by atoms with Crippen molar-refractivity contribution in [1.82, 2.24) is 0 Å². The lowest BCUT2D eigenvalue weighted by molar-refractivity contribution is 0.0971. The van der Waals surface area contributed by atoms with Gasteiger partial charge in [0.25, 0.3) is 0 Å². The van der Waals surface area contributed by atoms with Gasteiger partial charge in [-0.1, -0.05) is 12.1 Å². The molecule has 5 nitrogen and oxygen atoms in total. The fourth-order valence-electron chi connectivity index (χ4n) is 2.89. The number of hydrogen-bond acceptors (Lipinski definition) is 5. The maximum absolute atomic E-state index is 12.6. The first-order valence-corrected chi connectivity index (χ1v) is 6.63. The molecule has 3 rings (SSSR count).